The zero-order valence-electron chi connectivity index (χ0n) is 19.9. The molecule has 3 aliphatic rings. The van der Waals surface area contributed by atoms with E-state index in [0.717, 1.165) is 30.7 Å². The maximum atomic E-state index is 13.4. The molecule has 2 heterocycles. The fourth-order valence-corrected chi connectivity index (χ4v) is 7.75. The highest BCUT2D eigenvalue weighted by Crippen LogP contribution is 2.64. The highest BCUT2D eigenvalue weighted by atomic mass is 35.5. The number of anilines is 1. The summed E-state index contributed by atoms with van der Waals surface area (Å²) in [7, 11) is 0. The Balaban J connectivity index is 1.21. The zero-order valence-corrected chi connectivity index (χ0v) is 20.6. The molecule has 0 radical (unpaired) electrons. The van der Waals surface area contributed by atoms with Crippen LogP contribution >= 0.6 is 11.6 Å². The van der Waals surface area contributed by atoms with E-state index in [4.69, 9.17) is 11.6 Å². The number of carbonyl (C=O) groups is 1. The number of aromatic nitrogens is 3. The smallest absolute Gasteiger partial charge is 0.225 e. The Morgan fingerprint density at radius 2 is 2.14 bits per heavy atom. The molecule has 0 bridgehead atoms. The SMILES string of the molecule is C[C@]12CCC3c4ccc(Cl)cc4CCC3C1[C@H](CCCC(=O)Nc1cc(F)ccn1)c1cn[nH]c12. The average Bonchev–Trinajstić information content (AvgIpc) is 3.40. The fraction of sp³-hybridized carbons (Fsp3) is 0.464. The third kappa shape index (κ3) is 3.86. The summed E-state index contributed by atoms with van der Waals surface area (Å²) in [5, 5.41) is 11.3. The molecule has 5 nitrogen and oxygen atoms in total. The van der Waals surface area contributed by atoms with Crippen molar-refractivity contribution in [2.45, 2.75) is 69.1 Å². The number of aromatic amines is 1. The molecule has 1 fully saturated rings. The summed E-state index contributed by atoms with van der Waals surface area (Å²) in [5.74, 6) is 1.82. The largest absolute Gasteiger partial charge is 0.311 e. The van der Waals surface area contributed by atoms with Crippen LogP contribution in [0.5, 0.6) is 0 Å². The molecular formula is C28H30ClFN4O. The number of pyridine rings is 1. The summed E-state index contributed by atoms with van der Waals surface area (Å²) in [4.78, 5) is 16.6. The molecule has 35 heavy (non-hydrogen) atoms. The molecular weight excluding hydrogens is 463 g/mol. The van der Waals surface area contributed by atoms with Gasteiger partial charge in [-0.05, 0) is 97.1 Å². The lowest BCUT2D eigenvalue weighted by Gasteiger charge is -2.51. The zero-order chi connectivity index (χ0) is 24.2. The van der Waals surface area contributed by atoms with Gasteiger partial charge < -0.3 is 5.32 Å². The lowest BCUT2D eigenvalue weighted by atomic mass is 9.53. The van der Waals surface area contributed by atoms with Crippen LogP contribution in [-0.4, -0.2) is 21.1 Å². The van der Waals surface area contributed by atoms with Crippen molar-refractivity contribution in [3.05, 3.63) is 75.9 Å². The minimum absolute atomic E-state index is 0.0926. The van der Waals surface area contributed by atoms with Gasteiger partial charge in [0.25, 0.3) is 0 Å². The number of amides is 1. The molecule has 0 spiro atoms. The quantitative estimate of drug-likeness (QED) is 0.426. The van der Waals surface area contributed by atoms with Crippen molar-refractivity contribution >= 4 is 23.3 Å². The van der Waals surface area contributed by atoms with E-state index < -0.39 is 5.82 Å². The second-order valence-corrected chi connectivity index (χ2v) is 11.2. The number of fused-ring (bicyclic) bond motifs is 7. The molecule has 2 N–H and O–H groups in total. The van der Waals surface area contributed by atoms with Gasteiger partial charge in [0.15, 0.2) is 0 Å². The normalized spacial score (nSPS) is 28.5. The Labute approximate surface area is 209 Å². The molecule has 1 saturated carbocycles. The topological polar surface area (TPSA) is 70.7 Å². The summed E-state index contributed by atoms with van der Waals surface area (Å²) in [6.45, 7) is 2.42. The van der Waals surface area contributed by atoms with Crippen LogP contribution in [0.3, 0.4) is 0 Å². The minimum atomic E-state index is -0.406. The van der Waals surface area contributed by atoms with Gasteiger partial charge >= 0.3 is 0 Å². The van der Waals surface area contributed by atoms with Crippen molar-refractivity contribution in [2.75, 3.05) is 5.32 Å². The summed E-state index contributed by atoms with van der Waals surface area (Å²) in [5.41, 5.74) is 5.64. The predicted octanol–water partition coefficient (Wildman–Crippen LogP) is 6.52. The van der Waals surface area contributed by atoms with E-state index in [2.05, 4.69) is 39.6 Å². The van der Waals surface area contributed by atoms with E-state index in [1.165, 1.54) is 53.6 Å². The number of carbonyl (C=O) groups excluding carboxylic acids is 1. The Hall–Kier alpha value is -2.73. The first-order chi connectivity index (χ1) is 16.9. The van der Waals surface area contributed by atoms with Crippen LogP contribution in [0.15, 0.2) is 42.7 Å². The second-order valence-electron chi connectivity index (χ2n) is 10.7. The van der Waals surface area contributed by atoms with Crippen molar-refractivity contribution < 1.29 is 9.18 Å². The van der Waals surface area contributed by atoms with Crippen LogP contribution in [0, 0.1) is 17.7 Å². The number of benzene rings is 1. The number of halogens is 2. The van der Waals surface area contributed by atoms with Gasteiger partial charge in [-0.15, -0.1) is 0 Å². The van der Waals surface area contributed by atoms with E-state index >= 15 is 0 Å². The highest BCUT2D eigenvalue weighted by Gasteiger charge is 2.57. The van der Waals surface area contributed by atoms with Gasteiger partial charge in [-0.1, -0.05) is 24.6 Å². The van der Waals surface area contributed by atoms with Gasteiger partial charge in [0.2, 0.25) is 5.91 Å². The minimum Gasteiger partial charge on any atom is -0.311 e. The van der Waals surface area contributed by atoms with Gasteiger partial charge in [-0.3, -0.25) is 9.89 Å². The molecule has 1 amide bonds. The van der Waals surface area contributed by atoms with Crippen molar-refractivity contribution in [3.8, 4) is 0 Å². The lowest BCUT2D eigenvalue weighted by Crippen LogP contribution is -2.44. The maximum Gasteiger partial charge on any atom is 0.225 e. The monoisotopic (exact) mass is 492 g/mol. The third-order valence-electron chi connectivity index (χ3n) is 8.92. The maximum absolute atomic E-state index is 13.4. The first kappa shape index (κ1) is 22.7. The number of H-pyrrole nitrogens is 1. The average molecular weight is 493 g/mol. The Bertz CT molecular complexity index is 1280. The Kier molecular flexibility index (Phi) is 5.67. The number of nitrogens with one attached hydrogen (secondary N) is 2. The fourth-order valence-electron chi connectivity index (χ4n) is 7.56. The molecule has 1 aromatic carbocycles. The van der Waals surface area contributed by atoms with Gasteiger partial charge in [-0.25, -0.2) is 9.37 Å². The van der Waals surface area contributed by atoms with Crippen LogP contribution in [-0.2, 0) is 16.6 Å². The van der Waals surface area contributed by atoms with E-state index in [1.54, 1.807) is 0 Å². The first-order valence-electron chi connectivity index (χ1n) is 12.7. The van der Waals surface area contributed by atoms with Crippen molar-refractivity contribution in [2.24, 2.45) is 11.8 Å². The number of nitrogens with zero attached hydrogens (tertiary/aromatic N) is 2. The van der Waals surface area contributed by atoms with E-state index in [1.807, 2.05) is 12.3 Å². The van der Waals surface area contributed by atoms with Crippen LogP contribution < -0.4 is 5.32 Å². The van der Waals surface area contributed by atoms with Crippen molar-refractivity contribution in [1.82, 2.24) is 15.2 Å². The highest BCUT2D eigenvalue weighted by molar-refractivity contribution is 6.30. The van der Waals surface area contributed by atoms with Crippen molar-refractivity contribution in [1.29, 1.82) is 0 Å². The molecule has 6 rings (SSSR count). The molecule has 2 aromatic heterocycles. The van der Waals surface area contributed by atoms with Gasteiger partial charge in [0.1, 0.15) is 11.6 Å². The molecule has 7 heteroatoms. The molecule has 3 aliphatic carbocycles. The van der Waals surface area contributed by atoms with Crippen LogP contribution in [0.4, 0.5) is 10.2 Å². The second kappa shape index (κ2) is 8.74. The molecule has 182 valence electrons. The van der Waals surface area contributed by atoms with E-state index in [-0.39, 0.29) is 17.1 Å². The number of hydrogen-bond acceptors (Lipinski definition) is 3. The summed E-state index contributed by atoms with van der Waals surface area (Å²) < 4.78 is 13.4. The standard InChI is InChI=1S/C28H30ClFN4O/c1-28-11-9-20-19-8-6-17(29)13-16(19)5-7-22(20)26(28)21(23-15-32-34-27(23)28)3-2-4-25(35)33-24-14-18(30)10-12-31-24/h6,8,10,12-15,20-22,26H,2-5,7,9,11H2,1H3,(H,32,34)(H,31,33,35)/t20?,21-,22?,26?,28+/m1/s1. The first-order valence-corrected chi connectivity index (χ1v) is 13.1. The van der Waals surface area contributed by atoms with Gasteiger partial charge in [-0.2, -0.15) is 5.10 Å². The molecule has 0 saturated heterocycles. The number of hydrogen-bond donors (Lipinski definition) is 2. The van der Waals surface area contributed by atoms with E-state index in [9.17, 15) is 9.18 Å². The molecule has 5 atom stereocenters. The summed E-state index contributed by atoms with van der Waals surface area (Å²) in [6.07, 6.45) is 10.1. The summed E-state index contributed by atoms with van der Waals surface area (Å²) >= 11 is 6.31. The van der Waals surface area contributed by atoms with Crippen LogP contribution in [0.25, 0.3) is 0 Å². The molecule has 3 unspecified atom stereocenters. The van der Waals surface area contributed by atoms with E-state index in [0.29, 0.717) is 30.1 Å². The predicted molar refractivity (Wildman–Crippen MR) is 134 cm³/mol. The summed E-state index contributed by atoms with van der Waals surface area (Å²) in [6, 6.07) is 8.97. The van der Waals surface area contributed by atoms with Crippen LogP contribution in [0.1, 0.15) is 79.7 Å². The van der Waals surface area contributed by atoms with Crippen molar-refractivity contribution in [3.63, 3.8) is 0 Å². The number of rotatable bonds is 5. The van der Waals surface area contributed by atoms with Gasteiger partial charge in [0.05, 0.1) is 6.20 Å². The van der Waals surface area contributed by atoms with Gasteiger partial charge in [0, 0.05) is 34.8 Å². The molecule has 3 aromatic rings. The Morgan fingerprint density at radius 3 is 3.00 bits per heavy atom. The third-order valence-corrected chi connectivity index (χ3v) is 9.16. The molecule has 0 aliphatic heterocycles. The lowest BCUT2D eigenvalue weighted by molar-refractivity contribution is -0.116. The Morgan fingerprint density at radius 1 is 1.26 bits per heavy atom. The number of aryl methyl sites for hydroxylation is 1. The van der Waals surface area contributed by atoms with Crippen LogP contribution in [0.2, 0.25) is 5.02 Å².